The Kier molecular flexibility index (Phi) is 4.36. The van der Waals surface area contributed by atoms with Crippen molar-refractivity contribution in [1.29, 1.82) is 0 Å². The number of anilines is 1. The average molecular weight is 362 g/mol. The van der Waals surface area contributed by atoms with E-state index in [9.17, 15) is 9.59 Å². The molecule has 2 saturated heterocycles. The number of amides is 3. The molecule has 3 aliphatic rings. The molecule has 0 unspecified atom stereocenters. The molecule has 1 N–H and O–H groups in total. The molecule has 1 aliphatic carbocycles. The zero-order valence-corrected chi connectivity index (χ0v) is 15.1. The molecule has 0 bridgehead atoms. The maximum atomic E-state index is 13.0. The molecule has 1 saturated carbocycles. The number of carbonyl (C=O) groups is 2. The van der Waals surface area contributed by atoms with Crippen LogP contribution in [0.5, 0.6) is 0 Å². The zero-order valence-electron chi connectivity index (χ0n) is 14.3. The first kappa shape index (κ1) is 16.7. The van der Waals surface area contributed by atoms with Crippen molar-refractivity contribution in [3.8, 4) is 0 Å². The van der Waals surface area contributed by atoms with Crippen LogP contribution in [-0.4, -0.2) is 47.9 Å². The fourth-order valence-electron chi connectivity index (χ4n) is 4.12. The third kappa shape index (κ3) is 3.34. The van der Waals surface area contributed by atoms with Crippen LogP contribution < -0.4 is 5.32 Å². The summed E-state index contributed by atoms with van der Waals surface area (Å²) in [5, 5.41) is 3.39. The highest BCUT2D eigenvalue weighted by atomic mass is 35.5. The molecule has 4 rings (SSSR count). The highest BCUT2D eigenvalue weighted by molar-refractivity contribution is 6.33. The molecular weight excluding hydrogens is 338 g/mol. The summed E-state index contributed by atoms with van der Waals surface area (Å²) in [5.74, 6) is 0.971. The lowest BCUT2D eigenvalue weighted by Gasteiger charge is -2.39. The van der Waals surface area contributed by atoms with Gasteiger partial charge in [-0.05, 0) is 50.2 Å². The predicted octanol–water partition coefficient (Wildman–Crippen LogP) is 3.60. The predicted molar refractivity (Wildman–Crippen MR) is 97.6 cm³/mol. The maximum Gasteiger partial charge on any atom is 0.321 e. The van der Waals surface area contributed by atoms with Crippen LogP contribution in [0.2, 0.25) is 5.02 Å². The molecule has 0 aromatic heterocycles. The second kappa shape index (κ2) is 6.52. The van der Waals surface area contributed by atoms with E-state index in [1.807, 2.05) is 12.1 Å². The molecule has 1 atom stereocenters. The van der Waals surface area contributed by atoms with Crippen LogP contribution in [0.15, 0.2) is 24.3 Å². The first-order chi connectivity index (χ1) is 12.1. The number of nitrogens with one attached hydrogen (secondary N) is 1. The quantitative estimate of drug-likeness (QED) is 0.894. The SMILES string of the molecule is O=C(Nc1ccccc1Cl)N1CC[C@@]2(CCCN(CC3CC3)C2=O)C1. The van der Waals surface area contributed by atoms with Crippen LogP contribution in [0.25, 0.3) is 0 Å². The first-order valence-electron chi connectivity index (χ1n) is 9.17. The molecule has 1 aromatic rings. The van der Waals surface area contributed by atoms with Gasteiger partial charge in [0.25, 0.3) is 0 Å². The molecule has 2 aliphatic heterocycles. The zero-order chi connectivity index (χ0) is 17.4. The first-order valence-corrected chi connectivity index (χ1v) is 9.55. The number of carbonyl (C=O) groups excluding carboxylic acids is 2. The highest BCUT2D eigenvalue weighted by Crippen LogP contribution is 2.41. The van der Waals surface area contributed by atoms with Gasteiger partial charge in [0.05, 0.1) is 16.1 Å². The molecule has 0 radical (unpaired) electrons. The Hall–Kier alpha value is -1.75. The molecule has 25 heavy (non-hydrogen) atoms. The number of rotatable bonds is 3. The van der Waals surface area contributed by atoms with E-state index in [-0.39, 0.29) is 17.4 Å². The van der Waals surface area contributed by atoms with Crippen molar-refractivity contribution in [2.75, 3.05) is 31.5 Å². The molecule has 1 aromatic carbocycles. The number of hydrogen-bond acceptors (Lipinski definition) is 2. The highest BCUT2D eigenvalue weighted by Gasteiger charge is 2.50. The summed E-state index contributed by atoms with van der Waals surface area (Å²) in [6.45, 7) is 2.93. The Balaban J connectivity index is 1.42. The van der Waals surface area contributed by atoms with Gasteiger partial charge in [0.15, 0.2) is 0 Å². The fourth-order valence-corrected chi connectivity index (χ4v) is 4.30. The van der Waals surface area contributed by atoms with Crippen molar-refractivity contribution in [2.24, 2.45) is 11.3 Å². The second-order valence-corrected chi connectivity index (χ2v) is 8.07. The van der Waals surface area contributed by atoms with Gasteiger partial charge in [-0.15, -0.1) is 0 Å². The summed E-state index contributed by atoms with van der Waals surface area (Å²) in [5.41, 5.74) is 0.241. The number of nitrogens with zero attached hydrogens (tertiary/aromatic N) is 2. The van der Waals surface area contributed by atoms with E-state index in [2.05, 4.69) is 10.2 Å². The number of piperidine rings is 1. The largest absolute Gasteiger partial charge is 0.342 e. The molecule has 1 spiro atoms. The maximum absolute atomic E-state index is 13.0. The van der Waals surface area contributed by atoms with Crippen LogP contribution in [0, 0.1) is 11.3 Å². The molecular formula is C19H24ClN3O2. The number of halogens is 1. The van der Waals surface area contributed by atoms with Crippen molar-refractivity contribution < 1.29 is 9.59 Å². The molecule has 5 nitrogen and oxygen atoms in total. The monoisotopic (exact) mass is 361 g/mol. The summed E-state index contributed by atoms with van der Waals surface area (Å²) in [6, 6.07) is 7.04. The number of para-hydroxylation sites is 1. The summed E-state index contributed by atoms with van der Waals surface area (Å²) in [6.07, 6.45) is 5.20. The van der Waals surface area contributed by atoms with Gasteiger partial charge in [-0.25, -0.2) is 4.79 Å². The lowest BCUT2D eigenvalue weighted by molar-refractivity contribution is -0.145. The van der Waals surface area contributed by atoms with E-state index in [0.717, 1.165) is 32.4 Å². The third-order valence-electron chi connectivity index (χ3n) is 5.76. The normalized spacial score (nSPS) is 26.4. The van der Waals surface area contributed by atoms with E-state index in [0.29, 0.717) is 29.7 Å². The number of urea groups is 1. The smallest absolute Gasteiger partial charge is 0.321 e. The lowest BCUT2D eigenvalue weighted by atomic mass is 9.78. The van der Waals surface area contributed by atoms with Crippen molar-refractivity contribution in [3.63, 3.8) is 0 Å². The van der Waals surface area contributed by atoms with Crippen LogP contribution in [0.4, 0.5) is 10.5 Å². The minimum atomic E-state index is -0.370. The van der Waals surface area contributed by atoms with Gasteiger partial charge in [-0.2, -0.15) is 0 Å². The van der Waals surface area contributed by atoms with E-state index < -0.39 is 0 Å². The fraction of sp³-hybridized carbons (Fsp3) is 0.579. The summed E-state index contributed by atoms with van der Waals surface area (Å²) in [7, 11) is 0. The molecule has 134 valence electrons. The van der Waals surface area contributed by atoms with Crippen LogP contribution in [0.3, 0.4) is 0 Å². The van der Waals surface area contributed by atoms with E-state index >= 15 is 0 Å². The Morgan fingerprint density at radius 2 is 2.04 bits per heavy atom. The van der Waals surface area contributed by atoms with Crippen molar-refractivity contribution >= 4 is 29.2 Å². The third-order valence-corrected chi connectivity index (χ3v) is 6.09. The van der Waals surface area contributed by atoms with Crippen LogP contribution in [-0.2, 0) is 4.79 Å². The minimum absolute atomic E-state index is 0.169. The van der Waals surface area contributed by atoms with E-state index in [1.165, 1.54) is 12.8 Å². The Morgan fingerprint density at radius 3 is 2.80 bits per heavy atom. The molecule has 2 heterocycles. The van der Waals surface area contributed by atoms with Gasteiger partial charge in [-0.1, -0.05) is 23.7 Å². The van der Waals surface area contributed by atoms with Gasteiger partial charge in [0.1, 0.15) is 0 Å². The average Bonchev–Trinajstić information content (AvgIpc) is 3.32. The number of benzene rings is 1. The van der Waals surface area contributed by atoms with Crippen molar-refractivity contribution in [3.05, 3.63) is 29.3 Å². The van der Waals surface area contributed by atoms with Crippen LogP contribution >= 0.6 is 11.6 Å². The van der Waals surface area contributed by atoms with Gasteiger partial charge >= 0.3 is 6.03 Å². The summed E-state index contributed by atoms with van der Waals surface area (Å²) >= 11 is 6.12. The summed E-state index contributed by atoms with van der Waals surface area (Å²) in [4.78, 5) is 29.5. The van der Waals surface area contributed by atoms with E-state index in [4.69, 9.17) is 11.6 Å². The van der Waals surface area contributed by atoms with Gasteiger partial charge in [0.2, 0.25) is 5.91 Å². The van der Waals surface area contributed by atoms with Gasteiger partial charge < -0.3 is 15.1 Å². The standard InChI is InChI=1S/C19H24ClN3O2/c20-15-4-1-2-5-16(15)21-18(25)23-11-9-19(13-23)8-3-10-22(17(19)24)12-14-6-7-14/h1-2,4-5,14H,3,6-13H2,(H,21,25)/t19-/m0/s1. The molecule has 3 amide bonds. The Bertz CT molecular complexity index is 691. The van der Waals surface area contributed by atoms with Crippen LogP contribution in [0.1, 0.15) is 32.1 Å². The Morgan fingerprint density at radius 1 is 1.24 bits per heavy atom. The topological polar surface area (TPSA) is 52.7 Å². The molecule has 3 fully saturated rings. The van der Waals surface area contributed by atoms with Crippen molar-refractivity contribution in [1.82, 2.24) is 9.80 Å². The second-order valence-electron chi connectivity index (χ2n) is 7.66. The minimum Gasteiger partial charge on any atom is -0.342 e. The number of hydrogen-bond donors (Lipinski definition) is 1. The van der Waals surface area contributed by atoms with Gasteiger partial charge in [0, 0.05) is 26.2 Å². The number of likely N-dealkylation sites (tertiary alicyclic amines) is 2. The lowest BCUT2D eigenvalue weighted by Crippen LogP contribution is -2.51. The Labute approximate surface area is 153 Å². The molecule has 6 heteroatoms. The summed E-state index contributed by atoms with van der Waals surface area (Å²) < 4.78 is 0. The van der Waals surface area contributed by atoms with Gasteiger partial charge in [-0.3, -0.25) is 4.79 Å². The van der Waals surface area contributed by atoms with Crippen molar-refractivity contribution in [2.45, 2.75) is 32.1 Å². The van der Waals surface area contributed by atoms with E-state index in [1.54, 1.807) is 17.0 Å².